The average molecular weight is 387 g/mol. The van der Waals surface area contributed by atoms with E-state index in [1.807, 2.05) is 29.3 Å². The molecule has 148 valence electrons. The Bertz CT molecular complexity index is 1100. The summed E-state index contributed by atoms with van der Waals surface area (Å²) in [7, 11) is 0. The van der Waals surface area contributed by atoms with Gasteiger partial charge in [0.2, 0.25) is 0 Å². The molecule has 2 fully saturated rings. The monoisotopic (exact) mass is 387 g/mol. The van der Waals surface area contributed by atoms with E-state index in [1.54, 1.807) is 0 Å². The van der Waals surface area contributed by atoms with E-state index < -0.39 is 0 Å². The molecule has 3 aliphatic rings. The van der Waals surface area contributed by atoms with Gasteiger partial charge in [-0.15, -0.1) is 0 Å². The number of carbonyl (C=O) groups excluding carboxylic acids is 1. The molecule has 3 aliphatic heterocycles. The van der Waals surface area contributed by atoms with Crippen LogP contribution in [0.1, 0.15) is 31.4 Å². The molecule has 0 unspecified atom stereocenters. The highest BCUT2D eigenvalue weighted by Gasteiger charge is 2.47. The molecule has 5 heterocycles. The van der Waals surface area contributed by atoms with Crippen LogP contribution in [-0.4, -0.2) is 56.8 Å². The van der Waals surface area contributed by atoms with Gasteiger partial charge in [0.15, 0.2) is 0 Å². The number of fused-ring (bicyclic) bond motifs is 3. The Hall–Kier alpha value is -2.89. The third-order valence-electron chi connectivity index (χ3n) is 7.01. The van der Waals surface area contributed by atoms with Crippen LogP contribution in [-0.2, 0) is 12.0 Å². The number of hydrogen-bond acceptors (Lipinski definition) is 3. The summed E-state index contributed by atoms with van der Waals surface area (Å²) >= 11 is 0. The van der Waals surface area contributed by atoms with Crippen molar-refractivity contribution in [1.29, 1.82) is 0 Å². The van der Waals surface area contributed by atoms with Gasteiger partial charge in [-0.3, -0.25) is 9.67 Å². The number of likely N-dealkylation sites (tertiary alicyclic amines) is 2. The van der Waals surface area contributed by atoms with Crippen LogP contribution >= 0.6 is 0 Å². The zero-order chi connectivity index (χ0) is 19.4. The number of aryl methyl sites for hydroxylation is 1. The van der Waals surface area contributed by atoms with Gasteiger partial charge in [-0.2, -0.15) is 5.10 Å². The minimum Gasteiger partial charge on any atom is -0.325 e. The summed E-state index contributed by atoms with van der Waals surface area (Å²) in [6.45, 7) is 4.44. The van der Waals surface area contributed by atoms with Crippen LogP contribution in [0, 0.1) is 0 Å². The topological polar surface area (TPSA) is 54.3 Å². The van der Waals surface area contributed by atoms with E-state index in [9.17, 15) is 4.79 Å². The van der Waals surface area contributed by atoms with Gasteiger partial charge in [-0.05, 0) is 43.9 Å². The van der Waals surface area contributed by atoms with E-state index >= 15 is 0 Å². The molecule has 29 heavy (non-hydrogen) atoms. The van der Waals surface area contributed by atoms with Crippen molar-refractivity contribution in [3.05, 3.63) is 48.3 Å². The first kappa shape index (κ1) is 17.0. The molecule has 6 rings (SSSR count). The second-order valence-corrected chi connectivity index (χ2v) is 8.73. The number of aromatic nitrogens is 3. The Morgan fingerprint density at radius 3 is 2.69 bits per heavy atom. The summed E-state index contributed by atoms with van der Waals surface area (Å²) in [5, 5.41) is 6.03. The molecule has 0 N–H and O–H groups in total. The lowest BCUT2D eigenvalue weighted by Gasteiger charge is -2.26. The fraction of sp³-hybridized carbons (Fsp3) is 0.435. The van der Waals surface area contributed by atoms with Gasteiger partial charge < -0.3 is 9.80 Å². The van der Waals surface area contributed by atoms with Crippen molar-refractivity contribution in [2.24, 2.45) is 0 Å². The van der Waals surface area contributed by atoms with Crippen molar-refractivity contribution in [2.75, 3.05) is 26.2 Å². The average Bonchev–Trinajstić information content (AvgIpc) is 3.54. The Balaban J connectivity index is 1.29. The Kier molecular flexibility index (Phi) is 3.70. The third-order valence-corrected chi connectivity index (χ3v) is 7.01. The molecule has 3 aromatic rings. The van der Waals surface area contributed by atoms with Crippen molar-refractivity contribution in [3.8, 4) is 11.3 Å². The summed E-state index contributed by atoms with van der Waals surface area (Å²) in [5.74, 6) is 0. The number of rotatable bonds is 1. The molecule has 1 spiro atoms. The molecule has 1 atom stereocenters. The van der Waals surface area contributed by atoms with E-state index in [2.05, 4.69) is 32.8 Å². The highest BCUT2D eigenvalue weighted by Crippen LogP contribution is 2.44. The van der Waals surface area contributed by atoms with E-state index in [-0.39, 0.29) is 11.4 Å². The van der Waals surface area contributed by atoms with E-state index in [4.69, 9.17) is 5.10 Å². The molecular formula is C23H25N5O. The number of pyridine rings is 1. The van der Waals surface area contributed by atoms with Crippen LogP contribution in [0.4, 0.5) is 4.79 Å². The lowest BCUT2D eigenvalue weighted by Crippen LogP contribution is -2.42. The van der Waals surface area contributed by atoms with Gasteiger partial charge in [0.25, 0.3) is 0 Å². The predicted molar refractivity (Wildman–Crippen MR) is 112 cm³/mol. The zero-order valence-corrected chi connectivity index (χ0v) is 16.5. The lowest BCUT2D eigenvalue weighted by molar-refractivity contribution is 0.170. The summed E-state index contributed by atoms with van der Waals surface area (Å²) in [6, 6.07) is 12.8. The number of para-hydroxylation sites is 1. The molecule has 0 radical (unpaired) electrons. The van der Waals surface area contributed by atoms with Gasteiger partial charge in [0.05, 0.1) is 11.2 Å². The number of carbonyl (C=O) groups is 1. The number of nitrogens with zero attached hydrogens (tertiary/aromatic N) is 5. The number of urea groups is 1. The lowest BCUT2D eigenvalue weighted by atomic mass is 9.82. The summed E-state index contributed by atoms with van der Waals surface area (Å²) in [4.78, 5) is 21.6. The van der Waals surface area contributed by atoms with Crippen molar-refractivity contribution in [2.45, 2.75) is 37.6 Å². The van der Waals surface area contributed by atoms with Crippen LogP contribution < -0.4 is 0 Å². The first-order valence-corrected chi connectivity index (χ1v) is 10.7. The number of amides is 2. The maximum atomic E-state index is 12.9. The molecule has 1 aromatic carbocycles. The SMILES string of the molecule is O=C(N1CCCC1)N1CC[C@]2(CCn3nc(-c4cnc5ccccc5c4)cc32)C1. The van der Waals surface area contributed by atoms with Crippen LogP contribution in [0.15, 0.2) is 42.6 Å². The van der Waals surface area contributed by atoms with Crippen LogP contribution in [0.2, 0.25) is 0 Å². The molecule has 6 nitrogen and oxygen atoms in total. The number of hydrogen-bond donors (Lipinski definition) is 0. The fourth-order valence-electron chi connectivity index (χ4n) is 5.37. The highest BCUT2D eigenvalue weighted by molar-refractivity contribution is 5.82. The van der Waals surface area contributed by atoms with Crippen LogP contribution in [0.3, 0.4) is 0 Å². The van der Waals surface area contributed by atoms with Gasteiger partial charge >= 0.3 is 6.03 Å². The minimum atomic E-state index is 0.0604. The maximum absolute atomic E-state index is 12.9. The van der Waals surface area contributed by atoms with Crippen molar-refractivity contribution in [1.82, 2.24) is 24.6 Å². The molecule has 0 saturated carbocycles. The predicted octanol–water partition coefficient (Wildman–Crippen LogP) is 3.66. The number of benzene rings is 1. The van der Waals surface area contributed by atoms with Gasteiger partial charge in [0, 0.05) is 61.0 Å². The molecule has 0 aliphatic carbocycles. The second kappa shape index (κ2) is 6.31. The zero-order valence-electron chi connectivity index (χ0n) is 16.5. The molecule has 0 bridgehead atoms. The Morgan fingerprint density at radius 1 is 0.966 bits per heavy atom. The summed E-state index contributed by atoms with van der Waals surface area (Å²) < 4.78 is 2.16. The van der Waals surface area contributed by atoms with Crippen LogP contribution in [0.5, 0.6) is 0 Å². The standard InChI is InChI=1S/C23H25N5O/c29-22(26-9-3-4-10-26)27-11-7-23(16-27)8-12-28-21(23)14-20(25-28)18-13-17-5-1-2-6-19(17)24-15-18/h1-2,5-6,13-15H,3-4,7-12,16H2/t23-/m0/s1. The smallest absolute Gasteiger partial charge is 0.320 e. The summed E-state index contributed by atoms with van der Waals surface area (Å²) in [6.07, 6.45) is 6.31. The van der Waals surface area contributed by atoms with E-state index in [0.29, 0.717) is 0 Å². The van der Waals surface area contributed by atoms with Crippen molar-refractivity contribution < 1.29 is 4.79 Å². The third kappa shape index (κ3) is 2.65. The van der Waals surface area contributed by atoms with Gasteiger partial charge in [0.1, 0.15) is 0 Å². The van der Waals surface area contributed by atoms with Crippen molar-refractivity contribution in [3.63, 3.8) is 0 Å². The summed E-state index contributed by atoms with van der Waals surface area (Å²) in [5.41, 5.74) is 4.40. The Morgan fingerprint density at radius 2 is 1.79 bits per heavy atom. The Labute approximate surface area is 170 Å². The van der Waals surface area contributed by atoms with E-state index in [1.165, 1.54) is 5.69 Å². The molecular weight excluding hydrogens is 362 g/mol. The normalized spacial score (nSPS) is 23.4. The first-order chi connectivity index (χ1) is 14.2. The molecule has 2 saturated heterocycles. The molecule has 2 aromatic heterocycles. The van der Waals surface area contributed by atoms with Gasteiger partial charge in [-0.25, -0.2) is 4.79 Å². The first-order valence-electron chi connectivity index (χ1n) is 10.7. The largest absolute Gasteiger partial charge is 0.325 e. The van der Waals surface area contributed by atoms with Crippen molar-refractivity contribution >= 4 is 16.9 Å². The molecule has 2 amide bonds. The second-order valence-electron chi connectivity index (χ2n) is 8.73. The quantitative estimate of drug-likeness (QED) is 0.640. The maximum Gasteiger partial charge on any atom is 0.320 e. The van der Waals surface area contributed by atoms with E-state index in [0.717, 1.165) is 80.6 Å². The highest BCUT2D eigenvalue weighted by atomic mass is 16.2. The van der Waals surface area contributed by atoms with Crippen LogP contribution in [0.25, 0.3) is 22.2 Å². The fourth-order valence-corrected chi connectivity index (χ4v) is 5.37. The molecule has 6 heteroatoms. The minimum absolute atomic E-state index is 0.0604. The van der Waals surface area contributed by atoms with Gasteiger partial charge in [-0.1, -0.05) is 18.2 Å².